The quantitative estimate of drug-likeness (QED) is 0.648. The molecule has 0 aromatic carbocycles. The fraction of sp³-hybridized carbons (Fsp3) is 0.583. The third kappa shape index (κ3) is 5.44. The summed E-state index contributed by atoms with van der Waals surface area (Å²) in [6.45, 7) is 0.825. The molecule has 1 heterocycles. The van der Waals surface area contributed by atoms with Gasteiger partial charge in [0, 0.05) is 30.9 Å². The lowest BCUT2D eigenvalue weighted by atomic mass is 10.3. The summed E-state index contributed by atoms with van der Waals surface area (Å²) in [5.41, 5.74) is 5.83. The van der Waals surface area contributed by atoms with Crippen LogP contribution in [0.2, 0.25) is 0 Å². The third-order valence-corrected chi connectivity index (χ3v) is 3.64. The molecule has 2 rings (SSSR count). The summed E-state index contributed by atoms with van der Waals surface area (Å²) in [7, 11) is 0. The van der Waals surface area contributed by atoms with Gasteiger partial charge in [-0.2, -0.15) is 0 Å². The second-order valence-corrected chi connectivity index (χ2v) is 5.47. The van der Waals surface area contributed by atoms with Gasteiger partial charge in [-0.15, -0.1) is 23.7 Å². The van der Waals surface area contributed by atoms with E-state index in [1.165, 1.54) is 11.3 Å². The minimum Gasteiger partial charge on any atom is -0.353 e. The Kier molecular flexibility index (Phi) is 6.90. The second kappa shape index (κ2) is 8.18. The van der Waals surface area contributed by atoms with E-state index >= 15 is 0 Å². The number of nitrogens with one attached hydrogen (secondary N) is 2. The first-order valence-electron chi connectivity index (χ1n) is 6.41. The Balaban J connectivity index is 0.00000200. The van der Waals surface area contributed by atoms with Crippen molar-refractivity contribution in [2.75, 3.05) is 6.54 Å². The van der Waals surface area contributed by atoms with Gasteiger partial charge in [-0.3, -0.25) is 9.59 Å². The Morgan fingerprint density at radius 3 is 2.80 bits per heavy atom. The normalized spacial score (nSPS) is 13.4. The average molecular weight is 319 g/mol. The zero-order valence-corrected chi connectivity index (χ0v) is 12.7. The zero-order chi connectivity index (χ0) is 13.7. The highest BCUT2D eigenvalue weighted by atomic mass is 35.5. The van der Waals surface area contributed by atoms with Crippen LogP contribution in [0.25, 0.3) is 0 Å². The van der Waals surface area contributed by atoms with Crippen LogP contribution >= 0.6 is 23.7 Å². The monoisotopic (exact) mass is 318 g/mol. The molecule has 4 N–H and O–H groups in total. The molecule has 8 heteroatoms. The van der Waals surface area contributed by atoms with Crippen LogP contribution in [0.5, 0.6) is 0 Å². The van der Waals surface area contributed by atoms with Gasteiger partial charge in [-0.25, -0.2) is 4.98 Å². The molecule has 20 heavy (non-hydrogen) atoms. The van der Waals surface area contributed by atoms with Crippen LogP contribution < -0.4 is 16.4 Å². The van der Waals surface area contributed by atoms with Gasteiger partial charge in [0.25, 0.3) is 5.91 Å². The first-order valence-corrected chi connectivity index (χ1v) is 7.29. The summed E-state index contributed by atoms with van der Waals surface area (Å²) in [6.07, 6.45) is 3.27. The number of aromatic nitrogens is 1. The van der Waals surface area contributed by atoms with Crippen molar-refractivity contribution in [2.24, 2.45) is 5.73 Å². The van der Waals surface area contributed by atoms with E-state index in [1.54, 1.807) is 5.38 Å². The molecule has 1 aromatic heterocycles. The van der Waals surface area contributed by atoms with E-state index < -0.39 is 0 Å². The average Bonchev–Trinajstić information content (AvgIpc) is 3.08. The molecule has 1 aliphatic carbocycles. The Labute approximate surface area is 127 Å². The lowest BCUT2D eigenvalue weighted by molar-refractivity contribution is -0.121. The minimum absolute atomic E-state index is 0. The van der Waals surface area contributed by atoms with Crippen LogP contribution in [0.15, 0.2) is 5.38 Å². The van der Waals surface area contributed by atoms with Gasteiger partial charge in [0.05, 0.1) is 0 Å². The lowest BCUT2D eigenvalue weighted by Gasteiger charge is -2.04. The van der Waals surface area contributed by atoms with E-state index in [0.717, 1.165) is 17.8 Å². The predicted octanol–water partition coefficient (Wildman–Crippen LogP) is 0.812. The van der Waals surface area contributed by atoms with Gasteiger partial charge in [0.15, 0.2) is 0 Å². The fourth-order valence-corrected chi connectivity index (χ4v) is 2.23. The van der Waals surface area contributed by atoms with Gasteiger partial charge >= 0.3 is 0 Å². The molecule has 0 saturated heterocycles. The Morgan fingerprint density at radius 1 is 1.45 bits per heavy atom. The van der Waals surface area contributed by atoms with Crippen LogP contribution in [0.3, 0.4) is 0 Å². The summed E-state index contributed by atoms with van der Waals surface area (Å²) in [5, 5.41) is 8.09. The highest BCUT2D eigenvalue weighted by Crippen LogP contribution is 2.18. The maximum Gasteiger partial charge on any atom is 0.270 e. The number of halogens is 1. The topological polar surface area (TPSA) is 97.1 Å². The standard InChI is InChI=1S/C12H18N4O2S.ClH/c13-6-11-16-9(7-19-11)12(18)14-5-1-2-10(17)15-8-3-4-8;/h7-8H,1-6,13H2,(H,14,18)(H,15,17);1H. The van der Waals surface area contributed by atoms with E-state index in [2.05, 4.69) is 15.6 Å². The molecule has 0 unspecified atom stereocenters. The molecule has 0 atom stereocenters. The summed E-state index contributed by atoms with van der Waals surface area (Å²) in [6, 6.07) is 0.395. The maximum atomic E-state index is 11.7. The molecule has 0 bridgehead atoms. The SMILES string of the molecule is Cl.NCc1nc(C(=O)NCCCC(=O)NC2CC2)cs1. The van der Waals surface area contributed by atoms with E-state index in [4.69, 9.17) is 5.73 Å². The smallest absolute Gasteiger partial charge is 0.270 e. The number of rotatable bonds is 7. The van der Waals surface area contributed by atoms with Crippen LogP contribution in [0, 0.1) is 0 Å². The first-order chi connectivity index (χ1) is 9.19. The first kappa shape index (κ1) is 16.9. The minimum atomic E-state index is -0.210. The molecular weight excluding hydrogens is 300 g/mol. The molecular formula is C12H19ClN4O2S. The molecule has 1 saturated carbocycles. The largest absolute Gasteiger partial charge is 0.353 e. The van der Waals surface area contributed by atoms with Gasteiger partial charge in [0.1, 0.15) is 10.7 Å². The van der Waals surface area contributed by atoms with Crippen molar-refractivity contribution in [3.8, 4) is 0 Å². The van der Waals surface area contributed by atoms with Crippen LogP contribution in [-0.4, -0.2) is 29.4 Å². The van der Waals surface area contributed by atoms with Gasteiger partial charge < -0.3 is 16.4 Å². The summed E-state index contributed by atoms with van der Waals surface area (Å²) in [4.78, 5) is 27.2. The highest BCUT2D eigenvalue weighted by Gasteiger charge is 2.22. The fourth-order valence-electron chi connectivity index (χ4n) is 1.58. The molecule has 1 aromatic rings. The molecule has 6 nitrogen and oxygen atoms in total. The van der Waals surface area contributed by atoms with E-state index in [9.17, 15) is 9.59 Å². The number of thiazole rings is 1. The number of nitrogens with two attached hydrogens (primary N) is 1. The Hall–Kier alpha value is -1.18. The van der Waals surface area contributed by atoms with Crippen molar-refractivity contribution < 1.29 is 9.59 Å². The molecule has 1 fully saturated rings. The van der Waals surface area contributed by atoms with E-state index in [0.29, 0.717) is 37.7 Å². The molecule has 2 amide bonds. The number of nitrogens with zero attached hydrogens (tertiary/aromatic N) is 1. The second-order valence-electron chi connectivity index (χ2n) is 4.53. The van der Waals surface area contributed by atoms with Crippen molar-refractivity contribution >= 4 is 35.6 Å². The maximum absolute atomic E-state index is 11.7. The third-order valence-electron chi connectivity index (χ3n) is 2.77. The molecule has 0 spiro atoms. The molecule has 1 aliphatic rings. The van der Waals surface area contributed by atoms with Gasteiger partial charge in [0.2, 0.25) is 5.91 Å². The van der Waals surface area contributed by atoms with Crippen molar-refractivity contribution in [3.63, 3.8) is 0 Å². The number of carbonyl (C=O) groups is 2. The van der Waals surface area contributed by atoms with Crippen molar-refractivity contribution in [3.05, 3.63) is 16.1 Å². The zero-order valence-electron chi connectivity index (χ0n) is 11.1. The summed E-state index contributed by atoms with van der Waals surface area (Å²) >= 11 is 1.37. The van der Waals surface area contributed by atoms with E-state index in [1.807, 2.05) is 0 Å². The number of amides is 2. The van der Waals surface area contributed by atoms with Crippen LogP contribution in [0.4, 0.5) is 0 Å². The molecule has 112 valence electrons. The van der Waals surface area contributed by atoms with Crippen molar-refractivity contribution in [1.82, 2.24) is 15.6 Å². The summed E-state index contributed by atoms with van der Waals surface area (Å²) < 4.78 is 0. The predicted molar refractivity (Wildman–Crippen MR) is 80.0 cm³/mol. The van der Waals surface area contributed by atoms with Gasteiger partial charge in [-0.05, 0) is 19.3 Å². The van der Waals surface area contributed by atoms with E-state index in [-0.39, 0.29) is 24.2 Å². The number of carbonyl (C=O) groups excluding carboxylic acids is 2. The Bertz CT molecular complexity index is 462. The van der Waals surface area contributed by atoms with Crippen LogP contribution in [-0.2, 0) is 11.3 Å². The van der Waals surface area contributed by atoms with Gasteiger partial charge in [-0.1, -0.05) is 0 Å². The van der Waals surface area contributed by atoms with Crippen molar-refractivity contribution in [2.45, 2.75) is 38.3 Å². The number of hydrogen-bond acceptors (Lipinski definition) is 5. The van der Waals surface area contributed by atoms with Crippen LogP contribution in [0.1, 0.15) is 41.2 Å². The molecule has 0 aliphatic heterocycles. The highest BCUT2D eigenvalue weighted by molar-refractivity contribution is 7.09. The lowest BCUT2D eigenvalue weighted by Crippen LogP contribution is -2.28. The number of hydrogen-bond donors (Lipinski definition) is 3. The molecule has 0 radical (unpaired) electrons. The van der Waals surface area contributed by atoms with Crippen molar-refractivity contribution in [1.29, 1.82) is 0 Å². The summed E-state index contributed by atoms with van der Waals surface area (Å²) in [5.74, 6) is -0.144. The Morgan fingerprint density at radius 2 is 2.20 bits per heavy atom.